The van der Waals surface area contributed by atoms with E-state index in [2.05, 4.69) is 26.1 Å². The second-order valence-corrected chi connectivity index (χ2v) is 4.34. The van der Waals surface area contributed by atoms with Crippen LogP contribution in [0.2, 0.25) is 0 Å². The van der Waals surface area contributed by atoms with E-state index in [-0.39, 0.29) is 0 Å². The Morgan fingerprint density at radius 2 is 2.00 bits per heavy atom. The van der Waals surface area contributed by atoms with Crippen LogP contribution in [-0.4, -0.2) is 10.2 Å². The summed E-state index contributed by atoms with van der Waals surface area (Å²) in [6, 6.07) is 2.00. The molecular formula is C9H12BrN3. The van der Waals surface area contributed by atoms with Gasteiger partial charge in [-0.1, -0.05) is 12.8 Å². The SMILES string of the molecule is Nc1nnc(C2CCCC2)cc1Br. The third-order valence-corrected chi connectivity index (χ3v) is 3.20. The summed E-state index contributed by atoms with van der Waals surface area (Å²) >= 11 is 3.37. The summed E-state index contributed by atoms with van der Waals surface area (Å²) < 4.78 is 0.865. The monoisotopic (exact) mass is 241 g/mol. The quantitative estimate of drug-likeness (QED) is 0.822. The molecule has 1 aromatic rings. The van der Waals surface area contributed by atoms with Crippen LogP contribution < -0.4 is 5.73 Å². The standard InChI is InChI=1S/C9H12BrN3/c10-7-5-8(12-13-9(7)11)6-3-1-2-4-6/h5-6H,1-4H2,(H2,11,13). The van der Waals surface area contributed by atoms with Crippen LogP contribution in [0.4, 0.5) is 5.82 Å². The minimum Gasteiger partial charge on any atom is -0.381 e. The predicted molar refractivity (Wildman–Crippen MR) is 55.4 cm³/mol. The molecule has 0 spiro atoms. The Labute approximate surface area is 85.9 Å². The zero-order valence-corrected chi connectivity index (χ0v) is 8.92. The fourth-order valence-electron chi connectivity index (χ4n) is 1.81. The second-order valence-electron chi connectivity index (χ2n) is 3.48. The van der Waals surface area contributed by atoms with Gasteiger partial charge >= 0.3 is 0 Å². The van der Waals surface area contributed by atoms with Gasteiger partial charge in [0.1, 0.15) is 0 Å². The number of halogens is 1. The van der Waals surface area contributed by atoms with E-state index in [1.165, 1.54) is 25.7 Å². The van der Waals surface area contributed by atoms with Crippen LogP contribution >= 0.6 is 15.9 Å². The van der Waals surface area contributed by atoms with E-state index in [1.807, 2.05) is 6.07 Å². The minimum atomic E-state index is 0.474. The summed E-state index contributed by atoms with van der Waals surface area (Å²) in [5.74, 6) is 1.08. The van der Waals surface area contributed by atoms with E-state index in [9.17, 15) is 0 Å². The van der Waals surface area contributed by atoms with Gasteiger partial charge in [-0.05, 0) is 34.8 Å². The Hall–Kier alpha value is -0.640. The van der Waals surface area contributed by atoms with E-state index in [0.29, 0.717) is 11.7 Å². The molecule has 70 valence electrons. The van der Waals surface area contributed by atoms with Crippen LogP contribution in [-0.2, 0) is 0 Å². The highest BCUT2D eigenvalue weighted by molar-refractivity contribution is 9.10. The largest absolute Gasteiger partial charge is 0.381 e. The number of nitrogens with zero attached hydrogens (tertiary/aromatic N) is 2. The second kappa shape index (κ2) is 3.62. The zero-order valence-electron chi connectivity index (χ0n) is 7.33. The van der Waals surface area contributed by atoms with E-state index in [4.69, 9.17) is 5.73 Å². The van der Waals surface area contributed by atoms with Crippen molar-refractivity contribution in [2.75, 3.05) is 5.73 Å². The molecule has 2 rings (SSSR count). The first-order valence-corrected chi connectivity index (χ1v) is 5.35. The highest BCUT2D eigenvalue weighted by Gasteiger charge is 2.19. The fraction of sp³-hybridized carbons (Fsp3) is 0.556. The third-order valence-electron chi connectivity index (χ3n) is 2.57. The van der Waals surface area contributed by atoms with Crippen LogP contribution in [0, 0.1) is 0 Å². The lowest BCUT2D eigenvalue weighted by atomic mass is 10.0. The number of hydrogen-bond donors (Lipinski definition) is 1. The van der Waals surface area contributed by atoms with Crippen molar-refractivity contribution in [3.05, 3.63) is 16.2 Å². The highest BCUT2D eigenvalue weighted by Crippen LogP contribution is 2.34. The molecule has 0 aliphatic heterocycles. The maximum Gasteiger partial charge on any atom is 0.160 e. The van der Waals surface area contributed by atoms with Crippen LogP contribution in [0.25, 0.3) is 0 Å². The van der Waals surface area contributed by atoms with Gasteiger partial charge in [-0.15, -0.1) is 5.10 Å². The molecule has 1 heterocycles. The van der Waals surface area contributed by atoms with Gasteiger partial charge in [-0.25, -0.2) is 0 Å². The molecule has 1 fully saturated rings. The van der Waals surface area contributed by atoms with Crippen molar-refractivity contribution in [2.45, 2.75) is 31.6 Å². The molecule has 1 aliphatic carbocycles. The lowest BCUT2D eigenvalue weighted by molar-refractivity contribution is 0.680. The van der Waals surface area contributed by atoms with E-state index in [0.717, 1.165) is 10.2 Å². The molecule has 1 aliphatic rings. The molecule has 0 bridgehead atoms. The van der Waals surface area contributed by atoms with Gasteiger partial charge in [0, 0.05) is 5.92 Å². The predicted octanol–water partition coefficient (Wildman–Crippen LogP) is 2.48. The number of nitrogens with two attached hydrogens (primary N) is 1. The number of anilines is 1. The van der Waals surface area contributed by atoms with Crippen molar-refractivity contribution >= 4 is 21.7 Å². The van der Waals surface area contributed by atoms with Crippen molar-refractivity contribution in [1.29, 1.82) is 0 Å². The first kappa shape index (κ1) is 8.94. The highest BCUT2D eigenvalue weighted by atomic mass is 79.9. The van der Waals surface area contributed by atoms with Gasteiger partial charge in [0.15, 0.2) is 5.82 Å². The number of hydrogen-bond acceptors (Lipinski definition) is 3. The maximum atomic E-state index is 5.57. The first-order valence-electron chi connectivity index (χ1n) is 4.56. The Balaban J connectivity index is 2.25. The van der Waals surface area contributed by atoms with Gasteiger partial charge in [-0.2, -0.15) is 5.10 Å². The lowest BCUT2D eigenvalue weighted by Gasteiger charge is -2.07. The van der Waals surface area contributed by atoms with E-state index in [1.54, 1.807) is 0 Å². The topological polar surface area (TPSA) is 51.8 Å². The number of rotatable bonds is 1. The van der Waals surface area contributed by atoms with Gasteiger partial charge < -0.3 is 5.73 Å². The van der Waals surface area contributed by atoms with Crippen molar-refractivity contribution in [3.63, 3.8) is 0 Å². The Kier molecular flexibility index (Phi) is 2.49. The lowest BCUT2D eigenvalue weighted by Crippen LogP contribution is -2.01. The van der Waals surface area contributed by atoms with E-state index >= 15 is 0 Å². The van der Waals surface area contributed by atoms with Crippen molar-refractivity contribution in [2.24, 2.45) is 0 Å². The Morgan fingerprint density at radius 3 is 2.62 bits per heavy atom. The van der Waals surface area contributed by atoms with Crippen LogP contribution in [0.15, 0.2) is 10.5 Å². The summed E-state index contributed by atoms with van der Waals surface area (Å²) in [6.07, 6.45) is 5.11. The van der Waals surface area contributed by atoms with E-state index < -0.39 is 0 Å². The molecular weight excluding hydrogens is 230 g/mol. The summed E-state index contributed by atoms with van der Waals surface area (Å²) in [5.41, 5.74) is 6.65. The fourth-order valence-corrected chi connectivity index (χ4v) is 2.13. The molecule has 4 heteroatoms. The third kappa shape index (κ3) is 1.82. The molecule has 0 atom stereocenters. The Bertz CT molecular complexity index is 308. The molecule has 0 aromatic carbocycles. The molecule has 0 saturated heterocycles. The molecule has 0 amide bonds. The van der Waals surface area contributed by atoms with Crippen molar-refractivity contribution in [1.82, 2.24) is 10.2 Å². The summed E-state index contributed by atoms with van der Waals surface area (Å²) in [6.45, 7) is 0. The smallest absolute Gasteiger partial charge is 0.160 e. The molecule has 1 saturated carbocycles. The molecule has 1 aromatic heterocycles. The average molecular weight is 242 g/mol. The molecule has 0 radical (unpaired) electrons. The maximum absolute atomic E-state index is 5.57. The van der Waals surface area contributed by atoms with Crippen LogP contribution in [0.3, 0.4) is 0 Å². The minimum absolute atomic E-state index is 0.474. The van der Waals surface area contributed by atoms with Crippen LogP contribution in [0.1, 0.15) is 37.3 Å². The number of nitrogen functional groups attached to an aromatic ring is 1. The summed E-state index contributed by atoms with van der Waals surface area (Å²) in [7, 11) is 0. The van der Waals surface area contributed by atoms with Gasteiger partial charge in [-0.3, -0.25) is 0 Å². The molecule has 13 heavy (non-hydrogen) atoms. The van der Waals surface area contributed by atoms with Crippen molar-refractivity contribution < 1.29 is 0 Å². The zero-order chi connectivity index (χ0) is 9.26. The average Bonchev–Trinajstić information content (AvgIpc) is 2.62. The normalized spacial score (nSPS) is 17.9. The first-order chi connectivity index (χ1) is 6.27. The van der Waals surface area contributed by atoms with Gasteiger partial charge in [0.25, 0.3) is 0 Å². The summed E-state index contributed by atoms with van der Waals surface area (Å²) in [5, 5.41) is 8.02. The molecule has 3 nitrogen and oxygen atoms in total. The number of aromatic nitrogens is 2. The molecule has 0 unspecified atom stereocenters. The van der Waals surface area contributed by atoms with Gasteiger partial charge in [0.05, 0.1) is 10.2 Å². The Morgan fingerprint density at radius 1 is 1.31 bits per heavy atom. The van der Waals surface area contributed by atoms with Gasteiger partial charge in [0.2, 0.25) is 0 Å². The molecule has 2 N–H and O–H groups in total. The van der Waals surface area contributed by atoms with Crippen molar-refractivity contribution in [3.8, 4) is 0 Å². The summed E-state index contributed by atoms with van der Waals surface area (Å²) in [4.78, 5) is 0. The van der Waals surface area contributed by atoms with Crippen LogP contribution in [0.5, 0.6) is 0 Å².